The number of rotatable bonds is 5. The zero-order valence-corrected chi connectivity index (χ0v) is 21.3. The van der Waals surface area contributed by atoms with Crippen molar-refractivity contribution in [2.24, 2.45) is 0 Å². The molecule has 2 aromatic carbocycles. The maximum absolute atomic E-state index is 13.7. The van der Waals surface area contributed by atoms with E-state index in [-0.39, 0.29) is 34.8 Å². The predicted molar refractivity (Wildman–Crippen MR) is 137 cm³/mol. The molecule has 0 unspecified atom stereocenters. The molecular weight excluding hydrogens is 486 g/mol. The smallest absolute Gasteiger partial charge is 0.270 e. The minimum absolute atomic E-state index is 0.0195. The molecule has 0 radical (unpaired) electrons. The summed E-state index contributed by atoms with van der Waals surface area (Å²) >= 11 is 7.95. The van der Waals surface area contributed by atoms with Gasteiger partial charge in [0, 0.05) is 29.1 Å². The Balaban J connectivity index is 1.65. The molecule has 2 amide bonds. The van der Waals surface area contributed by atoms with Crippen LogP contribution in [0.15, 0.2) is 60.0 Å². The number of nitrogens with zero attached hydrogens (tertiary/aromatic N) is 3. The van der Waals surface area contributed by atoms with Crippen molar-refractivity contribution in [1.29, 1.82) is 0 Å². The molecular formula is C26H26ClN3O4S. The summed E-state index contributed by atoms with van der Waals surface area (Å²) in [5.41, 5.74) is 1.37. The predicted octanol–water partition coefficient (Wildman–Crippen LogP) is 5.72. The Bertz CT molecular complexity index is 1270. The van der Waals surface area contributed by atoms with Crippen LogP contribution >= 0.6 is 22.9 Å². The molecule has 0 saturated heterocycles. The number of thiophene rings is 1. The molecule has 182 valence electrons. The fourth-order valence-electron chi connectivity index (χ4n) is 4.36. The molecule has 1 aliphatic heterocycles. The zero-order chi connectivity index (χ0) is 25.3. The number of fused-ring (bicyclic) bond motifs is 1. The third kappa shape index (κ3) is 5.09. The van der Waals surface area contributed by atoms with Gasteiger partial charge in [0.1, 0.15) is 6.54 Å². The standard InChI is InChI=1S/C26H26ClN3O4S/c1-26(2,3)29(25(32)19-10-9-18(30(33)34)15-21(19)27)16-23(31)28-13-11-22-20(12-14-35-22)24(28)17-7-5-4-6-8-17/h4-10,12,14-15,24H,11,13,16H2,1-3H3/t24-/m0/s1. The van der Waals surface area contributed by atoms with Crippen LogP contribution in [-0.2, 0) is 11.2 Å². The minimum atomic E-state index is -0.691. The fourth-order valence-corrected chi connectivity index (χ4v) is 5.52. The molecule has 35 heavy (non-hydrogen) atoms. The molecule has 0 spiro atoms. The molecule has 0 bridgehead atoms. The maximum Gasteiger partial charge on any atom is 0.270 e. The van der Waals surface area contributed by atoms with Gasteiger partial charge in [-0.25, -0.2) is 0 Å². The summed E-state index contributed by atoms with van der Waals surface area (Å²) in [5, 5.41) is 13.1. The van der Waals surface area contributed by atoms with Crippen molar-refractivity contribution in [3.05, 3.63) is 96.7 Å². The monoisotopic (exact) mass is 511 g/mol. The summed E-state index contributed by atoms with van der Waals surface area (Å²) < 4.78 is 0. The van der Waals surface area contributed by atoms with Crippen molar-refractivity contribution in [2.75, 3.05) is 13.1 Å². The average Bonchev–Trinajstić information content (AvgIpc) is 3.30. The number of benzene rings is 2. The summed E-state index contributed by atoms with van der Waals surface area (Å²) in [6, 6.07) is 15.5. The number of hydrogen-bond donors (Lipinski definition) is 0. The second kappa shape index (κ2) is 9.79. The van der Waals surface area contributed by atoms with E-state index >= 15 is 0 Å². The van der Waals surface area contributed by atoms with Crippen LogP contribution < -0.4 is 0 Å². The molecule has 1 aliphatic rings. The molecule has 0 N–H and O–H groups in total. The number of non-ortho nitro benzene ring substituents is 1. The van der Waals surface area contributed by atoms with E-state index in [1.807, 2.05) is 56.0 Å². The van der Waals surface area contributed by atoms with Gasteiger partial charge in [-0.15, -0.1) is 11.3 Å². The molecule has 0 saturated carbocycles. The van der Waals surface area contributed by atoms with E-state index in [9.17, 15) is 19.7 Å². The largest absolute Gasteiger partial charge is 0.330 e. The number of carbonyl (C=O) groups is 2. The SMILES string of the molecule is CC(C)(C)N(CC(=O)N1CCc2sccc2[C@@H]1c1ccccc1)C(=O)c1ccc([N+](=O)[O-])cc1Cl. The number of hydrogen-bond acceptors (Lipinski definition) is 5. The molecule has 1 atom stereocenters. The third-order valence-electron chi connectivity index (χ3n) is 6.14. The molecule has 2 heterocycles. The highest BCUT2D eigenvalue weighted by Crippen LogP contribution is 2.38. The topological polar surface area (TPSA) is 83.8 Å². The minimum Gasteiger partial charge on any atom is -0.330 e. The Hall–Kier alpha value is -3.23. The van der Waals surface area contributed by atoms with Gasteiger partial charge in [0.05, 0.1) is 21.6 Å². The second-order valence-electron chi connectivity index (χ2n) is 9.43. The lowest BCUT2D eigenvalue weighted by molar-refractivity contribution is -0.384. The lowest BCUT2D eigenvalue weighted by Gasteiger charge is -2.40. The lowest BCUT2D eigenvalue weighted by atomic mass is 9.93. The molecule has 1 aromatic heterocycles. The van der Waals surface area contributed by atoms with Gasteiger partial charge >= 0.3 is 0 Å². The Morgan fingerprint density at radius 2 is 1.89 bits per heavy atom. The third-order valence-corrected chi connectivity index (χ3v) is 7.45. The second-order valence-corrected chi connectivity index (χ2v) is 10.8. The van der Waals surface area contributed by atoms with Crippen molar-refractivity contribution < 1.29 is 14.5 Å². The van der Waals surface area contributed by atoms with E-state index in [1.165, 1.54) is 21.9 Å². The van der Waals surface area contributed by atoms with Crippen LogP contribution in [0.3, 0.4) is 0 Å². The molecule has 0 fully saturated rings. The Kier molecular flexibility index (Phi) is 6.96. The van der Waals surface area contributed by atoms with Gasteiger partial charge in [-0.2, -0.15) is 0 Å². The number of carbonyl (C=O) groups excluding carboxylic acids is 2. The quantitative estimate of drug-likeness (QED) is 0.323. The van der Waals surface area contributed by atoms with Crippen molar-refractivity contribution in [1.82, 2.24) is 9.80 Å². The van der Waals surface area contributed by atoms with E-state index in [0.29, 0.717) is 6.54 Å². The molecule has 4 rings (SSSR count). The van der Waals surface area contributed by atoms with Crippen molar-refractivity contribution in [3.63, 3.8) is 0 Å². The van der Waals surface area contributed by atoms with Crippen LogP contribution in [0.2, 0.25) is 5.02 Å². The van der Waals surface area contributed by atoms with Gasteiger partial charge < -0.3 is 9.80 Å². The van der Waals surface area contributed by atoms with E-state index < -0.39 is 16.4 Å². The normalized spacial score (nSPS) is 15.4. The summed E-state index contributed by atoms with van der Waals surface area (Å²) in [5.74, 6) is -0.618. The first-order valence-corrected chi connectivity index (χ1v) is 12.5. The van der Waals surface area contributed by atoms with E-state index in [2.05, 4.69) is 11.4 Å². The van der Waals surface area contributed by atoms with Gasteiger partial charge in [-0.05, 0) is 55.8 Å². The van der Waals surface area contributed by atoms with E-state index in [1.54, 1.807) is 11.3 Å². The van der Waals surface area contributed by atoms with E-state index in [4.69, 9.17) is 11.6 Å². The first-order valence-electron chi connectivity index (χ1n) is 11.2. The average molecular weight is 512 g/mol. The number of amides is 2. The van der Waals surface area contributed by atoms with Crippen molar-refractivity contribution >= 4 is 40.4 Å². The van der Waals surface area contributed by atoms with Crippen LogP contribution in [0, 0.1) is 10.1 Å². The number of nitro benzene ring substituents is 1. The maximum atomic E-state index is 13.7. The summed E-state index contributed by atoms with van der Waals surface area (Å²) in [7, 11) is 0. The van der Waals surface area contributed by atoms with Crippen molar-refractivity contribution in [3.8, 4) is 0 Å². The fraction of sp³-hybridized carbons (Fsp3) is 0.308. The van der Waals surface area contributed by atoms with Crippen LogP contribution in [0.4, 0.5) is 5.69 Å². The van der Waals surface area contributed by atoms with E-state index in [0.717, 1.165) is 23.6 Å². The lowest BCUT2D eigenvalue weighted by Crippen LogP contribution is -2.52. The number of nitro groups is 1. The van der Waals surface area contributed by atoms with Crippen LogP contribution in [0.25, 0.3) is 0 Å². The van der Waals surface area contributed by atoms with Crippen molar-refractivity contribution in [2.45, 2.75) is 38.8 Å². The summed E-state index contributed by atoms with van der Waals surface area (Å²) in [6.07, 6.45) is 0.764. The van der Waals surface area contributed by atoms with Gasteiger partial charge in [0.2, 0.25) is 5.91 Å². The van der Waals surface area contributed by atoms with Gasteiger partial charge in [0.15, 0.2) is 0 Å². The highest BCUT2D eigenvalue weighted by atomic mass is 35.5. The summed E-state index contributed by atoms with van der Waals surface area (Å²) in [6.45, 7) is 5.95. The first kappa shape index (κ1) is 24.9. The highest BCUT2D eigenvalue weighted by molar-refractivity contribution is 7.10. The Labute approximate surface area is 213 Å². The Morgan fingerprint density at radius 1 is 1.17 bits per heavy atom. The van der Waals surface area contributed by atoms with Gasteiger partial charge in [-0.3, -0.25) is 19.7 Å². The van der Waals surface area contributed by atoms with Gasteiger partial charge in [-0.1, -0.05) is 41.9 Å². The first-order chi connectivity index (χ1) is 16.6. The van der Waals surface area contributed by atoms with Crippen LogP contribution in [0.5, 0.6) is 0 Å². The van der Waals surface area contributed by atoms with Crippen LogP contribution in [0.1, 0.15) is 53.2 Å². The number of halogens is 1. The van der Waals surface area contributed by atoms with Gasteiger partial charge in [0.25, 0.3) is 11.6 Å². The molecule has 0 aliphatic carbocycles. The Morgan fingerprint density at radius 3 is 2.51 bits per heavy atom. The molecule has 9 heteroatoms. The highest BCUT2D eigenvalue weighted by Gasteiger charge is 2.37. The molecule has 7 nitrogen and oxygen atoms in total. The summed E-state index contributed by atoms with van der Waals surface area (Å²) in [4.78, 5) is 42.4. The van der Waals surface area contributed by atoms with Crippen LogP contribution in [-0.4, -0.2) is 45.2 Å². The molecule has 3 aromatic rings. The zero-order valence-electron chi connectivity index (χ0n) is 19.7.